The number of amides is 1. The van der Waals surface area contributed by atoms with E-state index in [-0.39, 0.29) is 13.1 Å². The van der Waals surface area contributed by atoms with Crippen LogP contribution in [0.1, 0.15) is 22.3 Å². The van der Waals surface area contributed by atoms with Gasteiger partial charge in [0.25, 0.3) is 5.91 Å². The van der Waals surface area contributed by atoms with E-state index >= 15 is 0 Å². The molecule has 42 heavy (non-hydrogen) atoms. The lowest BCUT2D eigenvalue weighted by atomic mass is 9.80. The molecule has 0 bridgehead atoms. The largest absolute Gasteiger partial charge is 0.468 e. The van der Waals surface area contributed by atoms with Crippen LogP contribution in [0.5, 0.6) is 0 Å². The number of rotatable bonds is 12. The fourth-order valence-corrected chi connectivity index (χ4v) is 4.50. The van der Waals surface area contributed by atoms with Crippen LogP contribution in [0.15, 0.2) is 121 Å². The third-order valence-corrected chi connectivity index (χ3v) is 6.63. The maximum atomic E-state index is 13.0. The van der Waals surface area contributed by atoms with E-state index in [1.54, 1.807) is 35.2 Å². The fourth-order valence-electron chi connectivity index (χ4n) is 4.50. The summed E-state index contributed by atoms with van der Waals surface area (Å²) in [5, 5.41) is 0. The molecule has 0 heterocycles. The molecule has 4 aromatic rings. The van der Waals surface area contributed by atoms with Crippen molar-refractivity contribution in [1.29, 1.82) is 0 Å². The molecule has 0 fully saturated rings. The summed E-state index contributed by atoms with van der Waals surface area (Å²) in [6.45, 7) is -0.237. The molecule has 0 radical (unpaired) electrons. The number of hydroxylamine groups is 1. The second-order valence-electron chi connectivity index (χ2n) is 9.28. The van der Waals surface area contributed by atoms with Crippen molar-refractivity contribution >= 4 is 29.6 Å². The molecular weight excluding hydrogens is 532 g/mol. The summed E-state index contributed by atoms with van der Waals surface area (Å²) in [6, 6.07) is 36.2. The minimum Gasteiger partial charge on any atom is -0.468 e. The maximum absolute atomic E-state index is 13.0. The van der Waals surface area contributed by atoms with Crippen molar-refractivity contribution in [2.45, 2.75) is 5.60 Å². The summed E-state index contributed by atoms with van der Waals surface area (Å²) in [7, 11) is 2.57. The first-order valence-electron chi connectivity index (χ1n) is 13.3. The number of hydrogen-bond acceptors (Lipinski definition) is 7. The van der Waals surface area contributed by atoms with Gasteiger partial charge in [0.1, 0.15) is 13.1 Å². The molecule has 0 aromatic heterocycles. The van der Waals surface area contributed by atoms with Gasteiger partial charge in [0, 0.05) is 11.8 Å². The molecule has 0 atom stereocenters. The van der Waals surface area contributed by atoms with Gasteiger partial charge in [-0.1, -0.05) is 103 Å². The summed E-state index contributed by atoms with van der Waals surface area (Å²) in [6.07, 6.45) is 3.02. The Bertz CT molecular complexity index is 1380. The number of benzene rings is 4. The van der Waals surface area contributed by atoms with Crippen LogP contribution >= 0.6 is 0 Å². The normalized spacial score (nSPS) is 11.1. The summed E-state index contributed by atoms with van der Waals surface area (Å²) >= 11 is 0. The monoisotopic (exact) mass is 564 g/mol. The number of nitrogens with one attached hydrogen (secondary N) is 1. The Balaban J connectivity index is 1.54. The molecule has 8 nitrogen and oxygen atoms in total. The van der Waals surface area contributed by atoms with Crippen LogP contribution in [0.2, 0.25) is 0 Å². The Hall–Kier alpha value is -5.21. The third-order valence-electron chi connectivity index (χ3n) is 6.63. The first kappa shape index (κ1) is 29.8. The van der Waals surface area contributed by atoms with Gasteiger partial charge in [0.15, 0.2) is 5.60 Å². The van der Waals surface area contributed by atoms with Crippen LogP contribution in [-0.4, -0.2) is 45.2 Å². The number of methoxy groups -OCH3 is 2. The summed E-state index contributed by atoms with van der Waals surface area (Å²) in [4.78, 5) is 44.5. The molecule has 0 saturated heterocycles. The SMILES string of the molecule is COC(=O)CN(CC(=O)OC)c1ccc(/C=C/C(=O)NOC(c2ccccc2)(c2ccccc2)c2ccccc2)cc1. The van der Waals surface area contributed by atoms with Crippen LogP contribution in [0.3, 0.4) is 0 Å². The molecule has 0 saturated carbocycles. The average Bonchev–Trinajstić information content (AvgIpc) is 3.05. The van der Waals surface area contributed by atoms with Crippen molar-refractivity contribution in [1.82, 2.24) is 5.48 Å². The number of esters is 2. The molecule has 0 unspecified atom stereocenters. The fraction of sp³-hybridized carbons (Fsp3) is 0.147. The molecule has 0 spiro atoms. The van der Waals surface area contributed by atoms with Crippen LogP contribution in [0, 0.1) is 0 Å². The van der Waals surface area contributed by atoms with Gasteiger partial charge in [-0.05, 0) is 40.5 Å². The number of carbonyl (C=O) groups excluding carboxylic acids is 3. The summed E-state index contributed by atoms with van der Waals surface area (Å²) in [5.74, 6) is -1.43. The molecular formula is C34H32N2O6. The highest BCUT2D eigenvalue weighted by molar-refractivity contribution is 5.91. The second-order valence-corrected chi connectivity index (χ2v) is 9.28. The number of anilines is 1. The van der Waals surface area contributed by atoms with E-state index in [9.17, 15) is 14.4 Å². The van der Waals surface area contributed by atoms with Gasteiger partial charge < -0.3 is 14.4 Å². The molecule has 0 aliphatic carbocycles. The van der Waals surface area contributed by atoms with Crippen molar-refractivity contribution in [3.05, 3.63) is 144 Å². The van der Waals surface area contributed by atoms with Crippen LogP contribution < -0.4 is 10.4 Å². The minimum absolute atomic E-state index is 0.119. The smallest absolute Gasteiger partial charge is 0.325 e. The zero-order valence-corrected chi connectivity index (χ0v) is 23.4. The lowest BCUT2D eigenvalue weighted by Crippen LogP contribution is -2.40. The van der Waals surface area contributed by atoms with Crippen molar-refractivity contribution in [2.75, 3.05) is 32.2 Å². The highest BCUT2D eigenvalue weighted by Crippen LogP contribution is 2.39. The molecule has 4 aromatic carbocycles. The van der Waals surface area contributed by atoms with Crippen LogP contribution in [-0.2, 0) is 34.3 Å². The van der Waals surface area contributed by atoms with Crippen molar-refractivity contribution in [3.8, 4) is 0 Å². The maximum Gasteiger partial charge on any atom is 0.325 e. The molecule has 8 heteroatoms. The second kappa shape index (κ2) is 14.4. The molecule has 1 amide bonds. The van der Waals surface area contributed by atoms with E-state index in [1.807, 2.05) is 91.0 Å². The standard InChI is InChI=1S/C34H32N2O6/c1-40-32(38)24-36(25-33(39)41-2)30-21-18-26(19-22-30)20-23-31(37)35-42-34(27-12-6-3-7-13-27,28-14-8-4-9-15-28)29-16-10-5-11-17-29/h3-23H,24-25H2,1-2H3,(H,35,37)/b23-20+. The first-order valence-corrected chi connectivity index (χ1v) is 13.3. The van der Waals surface area contributed by atoms with Crippen LogP contribution in [0.4, 0.5) is 5.69 Å². The van der Waals surface area contributed by atoms with E-state index < -0.39 is 23.4 Å². The lowest BCUT2D eigenvalue weighted by molar-refractivity contribution is -0.140. The van der Waals surface area contributed by atoms with Gasteiger partial charge in [-0.25, -0.2) is 5.48 Å². The third kappa shape index (κ3) is 7.30. The van der Waals surface area contributed by atoms with Gasteiger partial charge in [-0.3, -0.25) is 19.2 Å². The topological polar surface area (TPSA) is 94.2 Å². The molecule has 1 N–H and O–H groups in total. The average molecular weight is 565 g/mol. The van der Waals surface area contributed by atoms with Gasteiger partial charge >= 0.3 is 11.9 Å². The lowest BCUT2D eigenvalue weighted by Gasteiger charge is -2.34. The van der Waals surface area contributed by atoms with E-state index in [2.05, 4.69) is 5.48 Å². The predicted octanol–water partition coefficient (Wildman–Crippen LogP) is 4.89. The van der Waals surface area contributed by atoms with Gasteiger partial charge in [-0.2, -0.15) is 0 Å². The molecule has 0 aliphatic rings. The molecule has 4 rings (SSSR count). The van der Waals surface area contributed by atoms with E-state index in [0.717, 1.165) is 22.3 Å². The summed E-state index contributed by atoms with van der Waals surface area (Å²) < 4.78 is 9.47. The van der Waals surface area contributed by atoms with Crippen molar-refractivity contribution < 1.29 is 28.7 Å². The first-order chi connectivity index (χ1) is 20.5. The highest BCUT2D eigenvalue weighted by Gasteiger charge is 2.38. The van der Waals surface area contributed by atoms with E-state index in [0.29, 0.717) is 5.69 Å². The Morgan fingerprint density at radius 3 is 1.50 bits per heavy atom. The Morgan fingerprint density at radius 2 is 1.10 bits per heavy atom. The number of hydrogen-bond donors (Lipinski definition) is 1. The van der Waals surface area contributed by atoms with Crippen molar-refractivity contribution in [3.63, 3.8) is 0 Å². The quantitative estimate of drug-likeness (QED) is 0.113. The predicted molar refractivity (Wildman–Crippen MR) is 160 cm³/mol. The van der Waals surface area contributed by atoms with E-state index in [1.165, 1.54) is 20.3 Å². The Labute approximate surface area is 245 Å². The zero-order valence-electron chi connectivity index (χ0n) is 23.4. The molecule has 0 aliphatic heterocycles. The van der Waals surface area contributed by atoms with Crippen LogP contribution in [0.25, 0.3) is 6.08 Å². The minimum atomic E-state index is -1.10. The van der Waals surface area contributed by atoms with Gasteiger partial charge in [0.05, 0.1) is 14.2 Å². The van der Waals surface area contributed by atoms with Crippen molar-refractivity contribution in [2.24, 2.45) is 0 Å². The highest BCUT2D eigenvalue weighted by atomic mass is 16.7. The summed E-state index contributed by atoms with van der Waals surface area (Å²) in [5.41, 5.74) is 5.44. The number of nitrogens with zero attached hydrogens (tertiary/aromatic N) is 1. The van der Waals surface area contributed by atoms with E-state index in [4.69, 9.17) is 14.3 Å². The molecule has 214 valence electrons. The zero-order chi connectivity index (χ0) is 29.8. The number of carbonyl (C=O) groups is 3. The Kier molecular flexibility index (Phi) is 10.2. The van der Waals surface area contributed by atoms with Gasteiger partial charge in [-0.15, -0.1) is 0 Å². The number of ether oxygens (including phenoxy) is 2. The Morgan fingerprint density at radius 1 is 0.667 bits per heavy atom. The van der Waals surface area contributed by atoms with Gasteiger partial charge in [0.2, 0.25) is 0 Å².